The average molecular weight is 321 g/mol. The van der Waals surface area contributed by atoms with Gasteiger partial charge >= 0.3 is 5.97 Å². The molecule has 122 valence electrons. The Hall–Kier alpha value is -2.88. The third-order valence-electron chi connectivity index (χ3n) is 3.96. The van der Waals surface area contributed by atoms with Crippen molar-refractivity contribution >= 4 is 22.7 Å². The minimum absolute atomic E-state index is 0.206. The number of hydrogen-bond donors (Lipinski definition) is 1. The van der Waals surface area contributed by atoms with Crippen molar-refractivity contribution in [1.82, 2.24) is 4.98 Å². The third-order valence-corrected chi connectivity index (χ3v) is 3.96. The van der Waals surface area contributed by atoms with Gasteiger partial charge in [-0.1, -0.05) is 35.4 Å². The fourth-order valence-electron chi connectivity index (χ4n) is 3.02. The van der Waals surface area contributed by atoms with Gasteiger partial charge in [-0.15, -0.1) is 0 Å². The molecule has 0 aliphatic rings. The van der Waals surface area contributed by atoms with E-state index in [1.165, 1.54) is 0 Å². The molecule has 4 nitrogen and oxygen atoms in total. The lowest BCUT2D eigenvalue weighted by Gasteiger charge is -2.06. The highest BCUT2D eigenvalue weighted by molar-refractivity contribution is 6.10. The molecule has 0 radical (unpaired) electrons. The van der Waals surface area contributed by atoms with Gasteiger partial charge in [-0.25, -0.2) is 4.79 Å². The number of ketones is 1. The monoisotopic (exact) mass is 321 g/mol. The molecular weight excluding hydrogens is 302 g/mol. The van der Waals surface area contributed by atoms with Gasteiger partial charge in [0.25, 0.3) is 0 Å². The van der Waals surface area contributed by atoms with Crippen molar-refractivity contribution < 1.29 is 14.3 Å². The van der Waals surface area contributed by atoms with Gasteiger partial charge < -0.3 is 9.72 Å². The number of Topliss-reactive ketones (excluding diaryl/α,β-unsaturated/α-hetero) is 1. The van der Waals surface area contributed by atoms with E-state index in [0.29, 0.717) is 11.1 Å². The lowest BCUT2D eigenvalue weighted by atomic mass is 10.1. The third kappa shape index (κ3) is 3.08. The van der Waals surface area contributed by atoms with Gasteiger partial charge in [-0.05, 0) is 39.0 Å². The van der Waals surface area contributed by atoms with E-state index >= 15 is 0 Å². The molecule has 0 amide bonds. The van der Waals surface area contributed by atoms with Gasteiger partial charge in [-0.2, -0.15) is 0 Å². The summed E-state index contributed by atoms with van der Waals surface area (Å²) in [6, 6.07) is 13.1. The zero-order valence-electron chi connectivity index (χ0n) is 14.0. The second-order valence-electron chi connectivity index (χ2n) is 6.05. The SMILES string of the molecule is Cc1cc(C)cc(C(=O)OCC(=O)c2c(C)[nH]c3ccccc23)c1. The Morgan fingerprint density at radius 3 is 2.38 bits per heavy atom. The predicted molar refractivity (Wildman–Crippen MR) is 93.6 cm³/mol. The molecule has 1 aromatic heterocycles. The van der Waals surface area contributed by atoms with Crippen LogP contribution in [0.3, 0.4) is 0 Å². The van der Waals surface area contributed by atoms with Crippen molar-refractivity contribution in [3.63, 3.8) is 0 Å². The van der Waals surface area contributed by atoms with Crippen LogP contribution in [0.2, 0.25) is 0 Å². The molecule has 0 bridgehead atoms. The minimum Gasteiger partial charge on any atom is -0.454 e. The lowest BCUT2D eigenvalue weighted by molar-refractivity contribution is 0.0475. The van der Waals surface area contributed by atoms with Crippen LogP contribution in [-0.4, -0.2) is 23.3 Å². The molecule has 0 atom stereocenters. The molecule has 3 aromatic rings. The summed E-state index contributed by atoms with van der Waals surface area (Å²) >= 11 is 0. The molecule has 0 unspecified atom stereocenters. The number of aryl methyl sites for hydroxylation is 3. The highest BCUT2D eigenvalue weighted by atomic mass is 16.5. The smallest absolute Gasteiger partial charge is 0.338 e. The van der Waals surface area contributed by atoms with Gasteiger partial charge in [-0.3, -0.25) is 4.79 Å². The van der Waals surface area contributed by atoms with Crippen LogP contribution >= 0.6 is 0 Å². The number of H-pyrrole nitrogens is 1. The van der Waals surface area contributed by atoms with Crippen LogP contribution in [-0.2, 0) is 4.74 Å². The molecule has 1 heterocycles. The number of esters is 1. The first-order valence-electron chi connectivity index (χ1n) is 7.81. The number of rotatable bonds is 4. The lowest BCUT2D eigenvalue weighted by Crippen LogP contribution is -2.15. The molecular formula is C20H19NO3. The summed E-state index contributed by atoms with van der Waals surface area (Å²) in [6.07, 6.45) is 0. The van der Waals surface area contributed by atoms with Gasteiger partial charge in [0.05, 0.1) is 5.56 Å². The number of ether oxygens (including phenoxy) is 1. The number of nitrogens with one attached hydrogen (secondary N) is 1. The Morgan fingerprint density at radius 1 is 1.00 bits per heavy atom. The summed E-state index contributed by atoms with van der Waals surface area (Å²) in [5.74, 6) is -0.685. The van der Waals surface area contributed by atoms with Crippen molar-refractivity contribution in [2.75, 3.05) is 6.61 Å². The zero-order chi connectivity index (χ0) is 17.3. The number of aromatic nitrogens is 1. The summed E-state index contributed by atoms with van der Waals surface area (Å²) in [5, 5.41) is 0.849. The minimum atomic E-state index is -0.479. The molecule has 3 rings (SSSR count). The number of aromatic amines is 1. The number of hydrogen-bond acceptors (Lipinski definition) is 3. The van der Waals surface area contributed by atoms with E-state index in [2.05, 4.69) is 4.98 Å². The van der Waals surface area contributed by atoms with E-state index in [0.717, 1.165) is 27.7 Å². The molecule has 24 heavy (non-hydrogen) atoms. The quantitative estimate of drug-likeness (QED) is 0.580. The molecule has 0 fully saturated rings. The zero-order valence-corrected chi connectivity index (χ0v) is 14.0. The van der Waals surface area contributed by atoms with Crippen molar-refractivity contribution in [2.24, 2.45) is 0 Å². The molecule has 4 heteroatoms. The maximum Gasteiger partial charge on any atom is 0.338 e. The van der Waals surface area contributed by atoms with Gasteiger partial charge in [0.1, 0.15) is 0 Å². The van der Waals surface area contributed by atoms with E-state index in [9.17, 15) is 9.59 Å². The first-order valence-corrected chi connectivity index (χ1v) is 7.81. The van der Waals surface area contributed by atoms with Crippen molar-refractivity contribution in [3.05, 3.63) is 70.4 Å². The first-order chi connectivity index (χ1) is 11.5. The Bertz CT molecular complexity index is 917. The van der Waals surface area contributed by atoms with E-state index < -0.39 is 5.97 Å². The van der Waals surface area contributed by atoms with E-state index in [4.69, 9.17) is 4.74 Å². The summed E-state index contributed by atoms with van der Waals surface area (Å²) in [4.78, 5) is 27.9. The van der Waals surface area contributed by atoms with Crippen LogP contribution in [0.15, 0.2) is 42.5 Å². The van der Waals surface area contributed by atoms with Crippen LogP contribution in [0.1, 0.15) is 37.5 Å². The second-order valence-corrected chi connectivity index (χ2v) is 6.05. The van der Waals surface area contributed by atoms with Crippen LogP contribution in [0.25, 0.3) is 10.9 Å². The Balaban J connectivity index is 1.77. The van der Waals surface area contributed by atoms with Gasteiger partial charge in [0.15, 0.2) is 6.61 Å². The van der Waals surface area contributed by atoms with Crippen LogP contribution in [0.5, 0.6) is 0 Å². The van der Waals surface area contributed by atoms with Crippen LogP contribution in [0, 0.1) is 20.8 Å². The maximum absolute atomic E-state index is 12.5. The average Bonchev–Trinajstić information content (AvgIpc) is 2.87. The Morgan fingerprint density at radius 2 is 1.67 bits per heavy atom. The molecule has 2 aromatic carbocycles. The fourth-order valence-corrected chi connectivity index (χ4v) is 3.02. The molecule has 1 N–H and O–H groups in total. The fraction of sp³-hybridized carbons (Fsp3) is 0.200. The molecule has 0 aliphatic carbocycles. The van der Waals surface area contributed by atoms with Crippen LogP contribution in [0.4, 0.5) is 0 Å². The number of fused-ring (bicyclic) bond motifs is 1. The van der Waals surface area contributed by atoms with Crippen LogP contribution < -0.4 is 0 Å². The van der Waals surface area contributed by atoms with E-state index in [-0.39, 0.29) is 12.4 Å². The van der Waals surface area contributed by atoms with Crippen molar-refractivity contribution in [1.29, 1.82) is 0 Å². The molecule has 0 spiro atoms. The van der Waals surface area contributed by atoms with Crippen molar-refractivity contribution in [3.8, 4) is 0 Å². The molecule has 0 saturated carbocycles. The highest BCUT2D eigenvalue weighted by Gasteiger charge is 2.18. The normalized spacial score (nSPS) is 10.8. The summed E-state index contributed by atoms with van der Waals surface area (Å²) in [7, 11) is 0. The highest BCUT2D eigenvalue weighted by Crippen LogP contribution is 2.22. The van der Waals surface area contributed by atoms with Gasteiger partial charge in [0, 0.05) is 22.2 Å². The summed E-state index contributed by atoms with van der Waals surface area (Å²) in [5.41, 5.74) is 4.71. The topological polar surface area (TPSA) is 59.2 Å². The number of benzene rings is 2. The number of carbonyl (C=O) groups is 2. The standard InChI is InChI=1S/C20H19NO3/c1-12-8-13(2)10-15(9-12)20(23)24-11-18(22)19-14(3)21-17-7-5-4-6-16(17)19/h4-10,21H,11H2,1-3H3. The Labute approximate surface area is 140 Å². The molecule has 0 aliphatic heterocycles. The van der Waals surface area contributed by atoms with Crippen molar-refractivity contribution in [2.45, 2.75) is 20.8 Å². The summed E-state index contributed by atoms with van der Waals surface area (Å²) < 4.78 is 5.23. The second kappa shape index (κ2) is 6.32. The number of para-hydroxylation sites is 1. The predicted octanol–water partition coefficient (Wildman–Crippen LogP) is 4.13. The van der Waals surface area contributed by atoms with Gasteiger partial charge in [0.2, 0.25) is 5.78 Å². The largest absolute Gasteiger partial charge is 0.454 e. The first kappa shape index (κ1) is 16.0. The maximum atomic E-state index is 12.5. The van der Waals surface area contributed by atoms with E-state index in [1.807, 2.05) is 51.1 Å². The number of carbonyl (C=O) groups excluding carboxylic acids is 2. The molecule has 0 saturated heterocycles. The Kier molecular flexibility index (Phi) is 4.21. The summed E-state index contributed by atoms with van der Waals surface area (Å²) in [6.45, 7) is 5.42. The van der Waals surface area contributed by atoms with E-state index in [1.54, 1.807) is 12.1 Å².